The van der Waals surface area contributed by atoms with E-state index in [0.29, 0.717) is 17.2 Å². The summed E-state index contributed by atoms with van der Waals surface area (Å²) in [5.41, 5.74) is 5.76. The van der Waals surface area contributed by atoms with Gasteiger partial charge in [-0.1, -0.05) is 6.07 Å². The van der Waals surface area contributed by atoms with Gasteiger partial charge in [-0.2, -0.15) is 8.42 Å². The van der Waals surface area contributed by atoms with Gasteiger partial charge in [-0.05, 0) is 24.3 Å². The van der Waals surface area contributed by atoms with Crippen LogP contribution < -0.4 is 15.2 Å². The molecule has 1 heterocycles. The molecule has 1 aromatic carbocycles. The number of anilines is 1. The lowest BCUT2D eigenvalue weighted by Crippen LogP contribution is -2.12. The Morgan fingerprint density at radius 1 is 1.32 bits per heavy atom. The van der Waals surface area contributed by atoms with Crippen molar-refractivity contribution in [2.24, 2.45) is 5.73 Å². The van der Waals surface area contributed by atoms with Gasteiger partial charge < -0.3 is 14.9 Å². The SMILES string of the molecule is COc1cccc(NS(=O)(=O)c2ccc(CN)o2)c1. The predicted octanol–water partition coefficient (Wildman–Crippen LogP) is 1.55. The van der Waals surface area contributed by atoms with Crippen molar-refractivity contribution in [2.45, 2.75) is 11.6 Å². The summed E-state index contributed by atoms with van der Waals surface area (Å²) in [6.45, 7) is 0.147. The van der Waals surface area contributed by atoms with Crippen LogP contribution in [0.4, 0.5) is 5.69 Å². The van der Waals surface area contributed by atoms with Crippen LogP contribution in [0.25, 0.3) is 0 Å². The summed E-state index contributed by atoms with van der Waals surface area (Å²) in [6, 6.07) is 9.49. The first kappa shape index (κ1) is 13.4. The zero-order valence-corrected chi connectivity index (χ0v) is 11.1. The number of rotatable bonds is 5. The van der Waals surface area contributed by atoms with E-state index >= 15 is 0 Å². The highest BCUT2D eigenvalue weighted by molar-refractivity contribution is 7.92. The maximum Gasteiger partial charge on any atom is 0.295 e. The summed E-state index contributed by atoms with van der Waals surface area (Å²) in [5.74, 6) is 0.966. The standard InChI is InChI=1S/C12H14N2O4S/c1-17-10-4-2-3-9(7-10)14-19(15,16)12-6-5-11(8-13)18-12/h2-7,14H,8,13H2,1H3. The maximum absolute atomic E-state index is 12.0. The largest absolute Gasteiger partial charge is 0.497 e. The van der Waals surface area contributed by atoms with Crippen molar-refractivity contribution in [3.63, 3.8) is 0 Å². The van der Waals surface area contributed by atoms with Crippen molar-refractivity contribution < 1.29 is 17.6 Å². The normalized spacial score (nSPS) is 11.3. The van der Waals surface area contributed by atoms with Crippen molar-refractivity contribution >= 4 is 15.7 Å². The third-order valence-electron chi connectivity index (χ3n) is 2.42. The van der Waals surface area contributed by atoms with Crippen molar-refractivity contribution in [3.05, 3.63) is 42.2 Å². The molecule has 0 amide bonds. The van der Waals surface area contributed by atoms with E-state index in [9.17, 15) is 8.42 Å². The summed E-state index contributed by atoms with van der Waals surface area (Å²) >= 11 is 0. The Bertz CT molecular complexity index is 664. The minimum absolute atomic E-state index is 0.147. The van der Waals surface area contributed by atoms with E-state index in [2.05, 4.69) is 4.72 Å². The topological polar surface area (TPSA) is 94.6 Å². The van der Waals surface area contributed by atoms with E-state index in [1.807, 2.05) is 0 Å². The molecular formula is C12H14N2O4S. The molecule has 6 nitrogen and oxygen atoms in total. The fourth-order valence-corrected chi connectivity index (χ4v) is 2.51. The highest BCUT2D eigenvalue weighted by Gasteiger charge is 2.18. The first-order valence-electron chi connectivity index (χ1n) is 5.51. The molecule has 2 aromatic rings. The number of nitrogens with one attached hydrogen (secondary N) is 1. The lowest BCUT2D eigenvalue weighted by Gasteiger charge is -2.07. The summed E-state index contributed by atoms with van der Waals surface area (Å²) < 4.78 is 36.6. The van der Waals surface area contributed by atoms with E-state index < -0.39 is 10.0 Å². The van der Waals surface area contributed by atoms with Gasteiger partial charge in [0.15, 0.2) is 0 Å². The number of hydrogen-bond donors (Lipinski definition) is 2. The van der Waals surface area contributed by atoms with Crippen LogP contribution in [0.15, 0.2) is 45.9 Å². The molecule has 3 N–H and O–H groups in total. The molecule has 102 valence electrons. The fourth-order valence-electron chi connectivity index (χ4n) is 1.50. The molecule has 0 fully saturated rings. The Morgan fingerprint density at radius 3 is 2.74 bits per heavy atom. The average molecular weight is 282 g/mol. The number of hydrogen-bond acceptors (Lipinski definition) is 5. The molecule has 0 aliphatic carbocycles. The molecule has 0 radical (unpaired) electrons. The van der Waals surface area contributed by atoms with Crippen molar-refractivity contribution in [3.8, 4) is 5.75 Å². The van der Waals surface area contributed by atoms with Gasteiger partial charge in [0.1, 0.15) is 11.5 Å². The highest BCUT2D eigenvalue weighted by Crippen LogP contribution is 2.21. The lowest BCUT2D eigenvalue weighted by atomic mass is 10.3. The van der Waals surface area contributed by atoms with Gasteiger partial charge in [-0.3, -0.25) is 4.72 Å². The predicted molar refractivity (Wildman–Crippen MR) is 70.4 cm³/mol. The van der Waals surface area contributed by atoms with Gasteiger partial charge in [0.2, 0.25) is 5.09 Å². The summed E-state index contributed by atoms with van der Waals surface area (Å²) in [6.07, 6.45) is 0. The summed E-state index contributed by atoms with van der Waals surface area (Å²) in [4.78, 5) is 0. The smallest absolute Gasteiger partial charge is 0.295 e. The van der Waals surface area contributed by atoms with Crippen LogP contribution in [0.2, 0.25) is 0 Å². The summed E-state index contributed by atoms with van der Waals surface area (Å²) in [7, 11) is -2.25. The Kier molecular flexibility index (Phi) is 3.77. The van der Waals surface area contributed by atoms with Crippen LogP contribution in [0, 0.1) is 0 Å². The number of nitrogens with two attached hydrogens (primary N) is 1. The van der Waals surface area contributed by atoms with Gasteiger partial charge in [0.05, 0.1) is 19.3 Å². The van der Waals surface area contributed by atoms with E-state index in [4.69, 9.17) is 14.9 Å². The van der Waals surface area contributed by atoms with E-state index in [1.165, 1.54) is 19.2 Å². The molecule has 1 aromatic heterocycles. The quantitative estimate of drug-likeness (QED) is 0.867. The van der Waals surface area contributed by atoms with Gasteiger partial charge in [-0.25, -0.2) is 0 Å². The molecule has 0 unspecified atom stereocenters. The fraction of sp³-hybridized carbons (Fsp3) is 0.167. The van der Waals surface area contributed by atoms with Crippen LogP contribution in [0.5, 0.6) is 5.75 Å². The number of methoxy groups -OCH3 is 1. The second-order valence-corrected chi connectivity index (χ2v) is 5.38. The lowest BCUT2D eigenvalue weighted by molar-refractivity contribution is 0.414. The third kappa shape index (κ3) is 3.07. The Balaban J connectivity index is 2.25. The highest BCUT2D eigenvalue weighted by atomic mass is 32.2. The number of furan rings is 1. The molecular weight excluding hydrogens is 268 g/mol. The molecule has 0 spiro atoms. The minimum atomic E-state index is -3.76. The molecule has 0 saturated heterocycles. The van der Waals surface area contributed by atoms with Crippen LogP contribution in [-0.4, -0.2) is 15.5 Å². The van der Waals surface area contributed by atoms with E-state index in [-0.39, 0.29) is 11.6 Å². The Labute approximate surface area is 111 Å². The third-order valence-corrected chi connectivity index (χ3v) is 3.68. The number of benzene rings is 1. The summed E-state index contributed by atoms with van der Waals surface area (Å²) in [5, 5.41) is -0.171. The van der Waals surface area contributed by atoms with Gasteiger partial charge in [0, 0.05) is 6.07 Å². The molecule has 7 heteroatoms. The van der Waals surface area contributed by atoms with Crippen LogP contribution in [-0.2, 0) is 16.6 Å². The van der Waals surface area contributed by atoms with Gasteiger partial charge in [-0.15, -0.1) is 0 Å². The zero-order valence-electron chi connectivity index (χ0n) is 10.3. The molecule has 0 bridgehead atoms. The number of ether oxygens (including phenoxy) is 1. The zero-order chi connectivity index (χ0) is 13.9. The minimum Gasteiger partial charge on any atom is -0.497 e. The molecule has 0 atom stereocenters. The van der Waals surface area contributed by atoms with Gasteiger partial charge >= 0.3 is 0 Å². The second kappa shape index (κ2) is 5.33. The second-order valence-electron chi connectivity index (χ2n) is 3.76. The van der Waals surface area contributed by atoms with Crippen molar-refractivity contribution in [1.82, 2.24) is 0 Å². The van der Waals surface area contributed by atoms with Crippen molar-refractivity contribution in [1.29, 1.82) is 0 Å². The number of sulfonamides is 1. The van der Waals surface area contributed by atoms with E-state index in [0.717, 1.165) is 0 Å². The molecule has 0 aliphatic rings. The van der Waals surface area contributed by atoms with Crippen LogP contribution in [0.1, 0.15) is 5.76 Å². The molecule has 19 heavy (non-hydrogen) atoms. The van der Waals surface area contributed by atoms with E-state index in [1.54, 1.807) is 24.3 Å². The molecule has 0 saturated carbocycles. The first-order chi connectivity index (χ1) is 9.05. The Hall–Kier alpha value is -1.99. The van der Waals surface area contributed by atoms with Crippen LogP contribution >= 0.6 is 0 Å². The molecule has 0 aliphatic heterocycles. The maximum atomic E-state index is 12.0. The monoisotopic (exact) mass is 282 g/mol. The molecule has 2 rings (SSSR count). The van der Waals surface area contributed by atoms with Crippen LogP contribution in [0.3, 0.4) is 0 Å². The average Bonchev–Trinajstić information content (AvgIpc) is 2.88. The van der Waals surface area contributed by atoms with Crippen molar-refractivity contribution in [2.75, 3.05) is 11.8 Å². The first-order valence-corrected chi connectivity index (χ1v) is 6.99. The Morgan fingerprint density at radius 2 is 2.11 bits per heavy atom. The van der Waals surface area contributed by atoms with Gasteiger partial charge in [0.25, 0.3) is 10.0 Å².